The lowest BCUT2D eigenvalue weighted by atomic mass is 9.90. The zero-order valence-corrected chi connectivity index (χ0v) is 12.4. The Morgan fingerprint density at radius 3 is 2.25 bits per heavy atom. The van der Waals surface area contributed by atoms with Gasteiger partial charge in [0.2, 0.25) is 0 Å². The molecule has 0 amide bonds. The SMILES string of the molecule is CC(C)(C)C(=O)ON1CCC(c2ccc(F)cc2)CC1. The largest absolute Gasteiger partial charge is 0.367 e. The van der Waals surface area contributed by atoms with Gasteiger partial charge >= 0.3 is 5.97 Å². The van der Waals surface area contributed by atoms with E-state index in [1.807, 2.05) is 32.9 Å². The second-order valence-corrected chi connectivity index (χ2v) is 6.38. The number of rotatable bonds is 2. The molecule has 0 spiro atoms. The summed E-state index contributed by atoms with van der Waals surface area (Å²) in [5.74, 6) is 0.0169. The number of benzene rings is 1. The third-order valence-corrected chi connectivity index (χ3v) is 3.62. The molecule has 0 saturated carbocycles. The van der Waals surface area contributed by atoms with E-state index in [1.165, 1.54) is 12.1 Å². The first-order valence-corrected chi connectivity index (χ1v) is 7.09. The molecular weight excluding hydrogens is 257 g/mol. The Morgan fingerprint density at radius 2 is 1.75 bits per heavy atom. The first-order chi connectivity index (χ1) is 9.36. The minimum atomic E-state index is -0.478. The molecule has 0 atom stereocenters. The van der Waals surface area contributed by atoms with Crippen LogP contribution in [-0.4, -0.2) is 24.1 Å². The van der Waals surface area contributed by atoms with Crippen molar-refractivity contribution in [1.29, 1.82) is 0 Å². The molecule has 1 fully saturated rings. The summed E-state index contributed by atoms with van der Waals surface area (Å²) in [6.07, 6.45) is 1.84. The van der Waals surface area contributed by atoms with E-state index in [0.717, 1.165) is 31.5 Å². The van der Waals surface area contributed by atoms with Gasteiger partial charge in [-0.2, -0.15) is 0 Å². The molecule has 2 rings (SSSR count). The number of piperidine rings is 1. The summed E-state index contributed by atoms with van der Waals surface area (Å²) >= 11 is 0. The second-order valence-electron chi connectivity index (χ2n) is 6.38. The molecule has 1 aliphatic rings. The molecule has 0 aromatic heterocycles. The maximum Gasteiger partial charge on any atom is 0.330 e. The van der Waals surface area contributed by atoms with Crippen LogP contribution in [0.4, 0.5) is 4.39 Å². The third kappa shape index (κ3) is 3.79. The number of halogens is 1. The van der Waals surface area contributed by atoms with Gasteiger partial charge in [-0.1, -0.05) is 12.1 Å². The molecule has 20 heavy (non-hydrogen) atoms. The van der Waals surface area contributed by atoms with Crippen molar-refractivity contribution in [3.63, 3.8) is 0 Å². The van der Waals surface area contributed by atoms with Crippen molar-refractivity contribution in [3.8, 4) is 0 Å². The fourth-order valence-corrected chi connectivity index (χ4v) is 2.27. The lowest BCUT2D eigenvalue weighted by molar-refractivity contribution is -0.204. The highest BCUT2D eigenvalue weighted by Crippen LogP contribution is 2.29. The molecule has 110 valence electrons. The minimum Gasteiger partial charge on any atom is -0.367 e. The highest BCUT2D eigenvalue weighted by atomic mass is 19.1. The Labute approximate surface area is 119 Å². The van der Waals surface area contributed by atoms with Crippen molar-refractivity contribution in [1.82, 2.24) is 5.06 Å². The molecule has 1 aromatic carbocycles. The van der Waals surface area contributed by atoms with Crippen LogP contribution < -0.4 is 0 Å². The number of nitrogens with zero attached hydrogens (tertiary/aromatic N) is 1. The summed E-state index contributed by atoms with van der Waals surface area (Å²) in [4.78, 5) is 17.2. The molecule has 1 aliphatic heterocycles. The number of carbonyl (C=O) groups is 1. The maximum atomic E-state index is 12.9. The molecule has 0 aliphatic carbocycles. The summed E-state index contributed by atoms with van der Waals surface area (Å²) in [6.45, 7) is 7.00. The Kier molecular flexibility index (Phi) is 4.43. The van der Waals surface area contributed by atoms with E-state index in [0.29, 0.717) is 5.92 Å². The Bertz CT molecular complexity index is 456. The normalized spacial score (nSPS) is 18.0. The average Bonchev–Trinajstić information content (AvgIpc) is 2.39. The van der Waals surface area contributed by atoms with Crippen LogP contribution in [0, 0.1) is 11.2 Å². The summed E-state index contributed by atoms with van der Waals surface area (Å²) < 4.78 is 12.9. The van der Waals surface area contributed by atoms with E-state index in [9.17, 15) is 9.18 Å². The van der Waals surface area contributed by atoms with Crippen LogP contribution in [0.2, 0.25) is 0 Å². The Morgan fingerprint density at radius 1 is 1.20 bits per heavy atom. The van der Waals surface area contributed by atoms with Gasteiger partial charge in [0.25, 0.3) is 0 Å². The van der Waals surface area contributed by atoms with Crippen molar-refractivity contribution in [2.45, 2.75) is 39.5 Å². The van der Waals surface area contributed by atoms with E-state index in [2.05, 4.69) is 0 Å². The van der Waals surface area contributed by atoms with Crippen LogP contribution in [0.15, 0.2) is 24.3 Å². The Balaban J connectivity index is 1.86. The van der Waals surface area contributed by atoms with Crippen LogP contribution in [0.5, 0.6) is 0 Å². The number of hydroxylamine groups is 2. The monoisotopic (exact) mass is 279 g/mol. The quantitative estimate of drug-likeness (QED) is 0.829. The van der Waals surface area contributed by atoms with Gasteiger partial charge in [0.15, 0.2) is 0 Å². The van der Waals surface area contributed by atoms with Crippen molar-refractivity contribution in [2.24, 2.45) is 5.41 Å². The fourth-order valence-electron chi connectivity index (χ4n) is 2.27. The van der Waals surface area contributed by atoms with Gasteiger partial charge in [0.05, 0.1) is 5.41 Å². The van der Waals surface area contributed by atoms with Crippen molar-refractivity contribution < 1.29 is 14.0 Å². The van der Waals surface area contributed by atoms with Crippen LogP contribution in [0.25, 0.3) is 0 Å². The smallest absolute Gasteiger partial charge is 0.330 e. The van der Waals surface area contributed by atoms with Gasteiger partial charge in [0, 0.05) is 13.1 Å². The van der Waals surface area contributed by atoms with Gasteiger partial charge in [-0.05, 0) is 57.2 Å². The summed E-state index contributed by atoms with van der Waals surface area (Å²) in [5, 5.41) is 1.74. The van der Waals surface area contributed by atoms with Crippen molar-refractivity contribution in [3.05, 3.63) is 35.6 Å². The zero-order chi connectivity index (χ0) is 14.8. The van der Waals surface area contributed by atoms with Crippen LogP contribution in [-0.2, 0) is 9.63 Å². The molecular formula is C16H22FNO2. The average molecular weight is 279 g/mol. The molecule has 1 heterocycles. The van der Waals surface area contributed by atoms with Crippen molar-refractivity contribution in [2.75, 3.05) is 13.1 Å². The van der Waals surface area contributed by atoms with E-state index in [4.69, 9.17) is 4.84 Å². The number of hydrogen-bond donors (Lipinski definition) is 0. The van der Waals surface area contributed by atoms with Gasteiger partial charge < -0.3 is 4.84 Å². The predicted octanol–water partition coefficient (Wildman–Crippen LogP) is 3.51. The van der Waals surface area contributed by atoms with Crippen molar-refractivity contribution >= 4 is 5.97 Å². The lowest BCUT2D eigenvalue weighted by Gasteiger charge is -2.32. The number of hydrogen-bond acceptors (Lipinski definition) is 3. The molecule has 0 unspecified atom stereocenters. The summed E-state index contributed by atoms with van der Waals surface area (Å²) in [7, 11) is 0. The molecule has 1 saturated heterocycles. The minimum absolute atomic E-state index is 0.197. The molecule has 0 bridgehead atoms. The van der Waals surface area contributed by atoms with Gasteiger partial charge in [0.1, 0.15) is 5.82 Å². The third-order valence-electron chi connectivity index (χ3n) is 3.62. The lowest BCUT2D eigenvalue weighted by Crippen LogP contribution is -2.38. The topological polar surface area (TPSA) is 29.5 Å². The molecule has 4 heteroatoms. The van der Waals surface area contributed by atoms with E-state index in [-0.39, 0.29) is 11.8 Å². The predicted molar refractivity (Wildman–Crippen MR) is 75.5 cm³/mol. The molecule has 0 radical (unpaired) electrons. The van der Waals surface area contributed by atoms with Crippen LogP contribution >= 0.6 is 0 Å². The highest BCUT2D eigenvalue weighted by molar-refractivity contribution is 5.75. The molecule has 0 N–H and O–H groups in total. The summed E-state index contributed by atoms with van der Waals surface area (Å²) in [6, 6.07) is 6.69. The standard InChI is InChI=1S/C16H22FNO2/c1-16(2,3)15(19)20-18-10-8-13(9-11-18)12-4-6-14(17)7-5-12/h4-7,13H,8-11H2,1-3H3. The summed E-state index contributed by atoms with van der Waals surface area (Å²) in [5.41, 5.74) is 0.682. The maximum absolute atomic E-state index is 12.9. The first-order valence-electron chi connectivity index (χ1n) is 7.09. The van der Waals surface area contributed by atoms with E-state index < -0.39 is 5.41 Å². The molecule has 1 aromatic rings. The second kappa shape index (κ2) is 5.92. The first kappa shape index (κ1) is 15.0. The Hall–Kier alpha value is -1.42. The van der Waals surface area contributed by atoms with E-state index >= 15 is 0 Å². The van der Waals surface area contributed by atoms with Gasteiger partial charge in [-0.25, -0.2) is 9.18 Å². The fraction of sp³-hybridized carbons (Fsp3) is 0.562. The highest BCUT2D eigenvalue weighted by Gasteiger charge is 2.28. The molecule has 3 nitrogen and oxygen atoms in total. The zero-order valence-electron chi connectivity index (χ0n) is 12.4. The van der Waals surface area contributed by atoms with E-state index in [1.54, 1.807) is 5.06 Å². The van der Waals surface area contributed by atoms with Gasteiger partial charge in [-0.15, -0.1) is 5.06 Å². The van der Waals surface area contributed by atoms with Crippen LogP contribution in [0.3, 0.4) is 0 Å². The van der Waals surface area contributed by atoms with Gasteiger partial charge in [-0.3, -0.25) is 0 Å². The van der Waals surface area contributed by atoms with Crippen LogP contribution in [0.1, 0.15) is 45.1 Å². The number of carbonyl (C=O) groups excluding carboxylic acids is 1.